The quantitative estimate of drug-likeness (QED) is 0.489. The molecule has 18 heavy (non-hydrogen) atoms. The van der Waals surface area contributed by atoms with Crippen molar-refractivity contribution in [2.45, 2.75) is 30.4 Å². The second-order valence-corrected chi connectivity index (χ2v) is 4.92. The number of methoxy groups -OCH3 is 1. The number of nitrogen functional groups attached to an aromatic ring is 1. The molecule has 0 saturated carbocycles. The predicted molar refractivity (Wildman–Crippen MR) is 74.0 cm³/mol. The molecule has 1 aromatic carbocycles. The Morgan fingerprint density at radius 3 is 2.72 bits per heavy atom. The summed E-state index contributed by atoms with van der Waals surface area (Å²) in [5.41, 5.74) is 6.33. The van der Waals surface area contributed by atoms with Crippen LogP contribution in [0.3, 0.4) is 0 Å². The molecule has 1 atom stereocenters. The van der Waals surface area contributed by atoms with Gasteiger partial charge >= 0.3 is 5.97 Å². The Labute approximate surface area is 112 Å². The zero-order chi connectivity index (χ0) is 13.5. The molecule has 0 radical (unpaired) electrons. The number of benzene rings is 1. The van der Waals surface area contributed by atoms with Gasteiger partial charge in [0.2, 0.25) is 0 Å². The molecule has 0 bridgehead atoms. The molecular formula is C13H19NO3S. The maximum atomic E-state index is 11.7. The summed E-state index contributed by atoms with van der Waals surface area (Å²) in [5, 5.41) is -0.220. The molecule has 0 amide bonds. The highest BCUT2D eigenvalue weighted by Gasteiger charge is 2.20. The van der Waals surface area contributed by atoms with Crippen LogP contribution in [0.15, 0.2) is 23.1 Å². The van der Waals surface area contributed by atoms with Gasteiger partial charge in [-0.25, -0.2) is 0 Å². The molecule has 4 nitrogen and oxygen atoms in total. The lowest BCUT2D eigenvalue weighted by molar-refractivity contribution is -0.142. The number of thioether (sulfide) groups is 1. The van der Waals surface area contributed by atoms with Crippen LogP contribution in [0.5, 0.6) is 5.75 Å². The number of ether oxygens (including phenoxy) is 2. The van der Waals surface area contributed by atoms with Crippen molar-refractivity contribution in [2.75, 3.05) is 19.5 Å². The molecule has 0 spiro atoms. The summed E-state index contributed by atoms with van der Waals surface area (Å²) in [7, 11) is 1.59. The molecule has 1 aromatic rings. The van der Waals surface area contributed by atoms with Crippen LogP contribution < -0.4 is 10.5 Å². The molecule has 0 aliphatic carbocycles. The van der Waals surface area contributed by atoms with Crippen molar-refractivity contribution in [1.29, 1.82) is 0 Å². The monoisotopic (exact) mass is 269 g/mol. The molecule has 5 heteroatoms. The molecule has 0 aromatic heterocycles. The van der Waals surface area contributed by atoms with Crippen molar-refractivity contribution in [1.82, 2.24) is 0 Å². The van der Waals surface area contributed by atoms with Gasteiger partial charge in [0, 0.05) is 11.8 Å². The molecule has 0 aliphatic heterocycles. The lowest BCUT2D eigenvalue weighted by Gasteiger charge is -2.15. The van der Waals surface area contributed by atoms with E-state index in [-0.39, 0.29) is 11.2 Å². The second-order valence-electron chi connectivity index (χ2n) is 3.68. The van der Waals surface area contributed by atoms with Crippen LogP contribution in [0.25, 0.3) is 0 Å². The molecule has 100 valence electrons. The first-order valence-corrected chi connectivity index (χ1v) is 6.77. The van der Waals surface area contributed by atoms with Crippen LogP contribution in [0.1, 0.15) is 20.3 Å². The summed E-state index contributed by atoms with van der Waals surface area (Å²) >= 11 is 1.44. The van der Waals surface area contributed by atoms with E-state index < -0.39 is 0 Å². The number of anilines is 1. The molecular weight excluding hydrogens is 250 g/mol. The van der Waals surface area contributed by atoms with Crippen molar-refractivity contribution in [3.05, 3.63) is 18.2 Å². The van der Waals surface area contributed by atoms with Crippen molar-refractivity contribution >= 4 is 23.4 Å². The Kier molecular flexibility index (Phi) is 5.85. The van der Waals surface area contributed by atoms with Crippen molar-refractivity contribution < 1.29 is 14.3 Å². The lowest BCUT2D eigenvalue weighted by atomic mass is 10.3. The number of esters is 1. The minimum absolute atomic E-state index is 0.191. The first-order valence-electron chi connectivity index (χ1n) is 5.89. The van der Waals surface area contributed by atoms with Gasteiger partial charge < -0.3 is 15.2 Å². The average molecular weight is 269 g/mol. The predicted octanol–water partition coefficient (Wildman–Crippen LogP) is 2.71. The Morgan fingerprint density at radius 1 is 1.44 bits per heavy atom. The summed E-state index contributed by atoms with van der Waals surface area (Å²) < 4.78 is 10.3. The number of hydrogen-bond acceptors (Lipinski definition) is 5. The Bertz CT molecular complexity index is 409. The normalized spacial score (nSPS) is 11.9. The molecule has 0 aliphatic rings. The number of rotatable bonds is 6. The van der Waals surface area contributed by atoms with E-state index in [1.165, 1.54) is 11.8 Å². The summed E-state index contributed by atoms with van der Waals surface area (Å²) in [6.45, 7) is 4.16. The first-order chi connectivity index (χ1) is 8.62. The highest BCUT2D eigenvalue weighted by atomic mass is 32.2. The minimum atomic E-state index is -0.220. The average Bonchev–Trinajstić information content (AvgIpc) is 2.37. The highest BCUT2D eigenvalue weighted by Crippen LogP contribution is 2.35. The van der Waals surface area contributed by atoms with E-state index in [1.54, 1.807) is 26.2 Å². The van der Waals surface area contributed by atoms with E-state index in [4.69, 9.17) is 15.2 Å². The Hall–Kier alpha value is -1.36. The van der Waals surface area contributed by atoms with Crippen LogP contribution in [-0.2, 0) is 9.53 Å². The number of nitrogens with two attached hydrogens (primary N) is 1. The topological polar surface area (TPSA) is 61.5 Å². The zero-order valence-electron chi connectivity index (χ0n) is 10.9. The third-order valence-electron chi connectivity index (χ3n) is 2.38. The molecule has 0 fully saturated rings. The van der Waals surface area contributed by atoms with Crippen LogP contribution in [0.4, 0.5) is 5.69 Å². The van der Waals surface area contributed by atoms with Crippen LogP contribution in [-0.4, -0.2) is 24.9 Å². The summed E-state index contributed by atoms with van der Waals surface area (Å²) in [6.07, 6.45) is 0.705. The van der Waals surface area contributed by atoms with Crippen molar-refractivity contribution in [3.8, 4) is 5.75 Å². The van der Waals surface area contributed by atoms with Crippen molar-refractivity contribution in [3.63, 3.8) is 0 Å². The second kappa shape index (κ2) is 7.16. The third-order valence-corrected chi connectivity index (χ3v) is 3.78. The number of carbonyl (C=O) groups is 1. The van der Waals surface area contributed by atoms with Gasteiger partial charge in [-0.2, -0.15) is 0 Å². The fraction of sp³-hybridized carbons (Fsp3) is 0.462. The van der Waals surface area contributed by atoms with Gasteiger partial charge in [0.05, 0.1) is 18.6 Å². The summed E-state index contributed by atoms with van der Waals surface area (Å²) in [5.74, 6) is 0.492. The maximum absolute atomic E-state index is 11.7. The van der Waals surface area contributed by atoms with E-state index in [0.717, 1.165) is 4.90 Å². The minimum Gasteiger partial charge on any atom is -0.496 e. The van der Waals surface area contributed by atoms with Crippen LogP contribution in [0, 0.1) is 0 Å². The fourth-order valence-corrected chi connectivity index (χ4v) is 2.51. The Morgan fingerprint density at radius 2 is 2.17 bits per heavy atom. The molecule has 1 unspecified atom stereocenters. The number of carbonyl (C=O) groups excluding carboxylic acids is 1. The van der Waals surface area contributed by atoms with Gasteiger partial charge in [0.25, 0.3) is 0 Å². The van der Waals surface area contributed by atoms with Crippen LogP contribution in [0.2, 0.25) is 0 Å². The van der Waals surface area contributed by atoms with E-state index in [1.807, 2.05) is 13.0 Å². The van der Waals surface area contributed by atoms with Gasteiger partial charge in [-0.15, -0.1) is 11.8 Å². The van der Waals surface area contributed by atoms with E-state index >= 15 is 0 Å². The standard InChI is InChI=1S/C13H19NO3S/c1-4-11(13(15)17-5-2)18-12-7-6-9(14)8-10(12)16-3/h6-8,11H,4-5,14H2,1-3H3. The van der Waals surface area contributed by atoms with E-state index in [2.05, 4.69) is 0 Å². The van der Waals surface area contributed by atoms with Gasteiger partial charge in [-0.05, 0) is 25.5 Å². The first kappa shape index (κ1) is 14.7. The largest absolute Gasteiger partial charge is 0.496 e. The van der Waals surface area contributed by atoms with E-state index in [9.17, 15) is 4.79 Å². The maximum Gasteiger partial charge on any atom is 0.319 e. The van der Waals surface area contributed by atoms with E-state index in [0.29, 0.717) is 24.5 Å². The number of hydrogen-bond donors (Lipinski definition) is 1. The van der Waals surface area contributed by atoms with Crippen molar-refractivity contribution in [2.24, 2.45) is 0 Å². The molecule has 1 rings (SSSR count). The zero-order valence-corrected chi connectivity index (χ0v) is 11.8. The fourth-order valence-electron chi connectivity index (χ4n) is 1.47. The SMILES string of the molecule is CCOC(=O)C(CC)Sc1ccc(N)cc1OC. The van der Waals surface area contributed by atoms with Gasteiger partial charge in [0.15, 0.2) is 0 Å². The molecule has 0 saturated heterocycles. The lowest BCUT2D eigenvalue weighted by Crippen LogP contribution is -2.19. The smallest absolute Gasteiger partial charge is 0.319 e. The molecule has 2 N–H and O–H groups in total. The summed E-state index contributed by atoms with van der Waals surface area (Å²) in [6, 6.07) is 5.41. The van der Waals surface area contributed by atoms with Gasteiger partial charge in [-0.3, -0.25) is 4.79 Å². The van der Waals surface area contributed by atoms with Gasteiger partial charge in [-0.1, -0.05) is 6.92 Å². The molecule has 0 heterocycles. The van der Waals surface area contributed by atoms with Gasteiger partial charge in [0.1, 0.15) is 11.0 Å². The van der Waals surface area contributed by atoms with Crippen LogP contribution >= 0.6 is 11.8 Å². The Balaban J connectivity index is 2.84. The summed E-state index contributed by atoms with van der Waals surface area (Å²) in [4.78, 5) is 12.6. The highest BCUT2D eigenvalue weighted by molar-refractivity contribution is 8.00. The third kappa shape index (κ3) is 3.84.